The second-order valence-corrected chi connectivity index (χ2v) is 5.48. The molecule has 0 amide bonds. The van der Waals surface area contributed by atoms with Crippen LogP contribution in [0.3, 0.4) is 0 Å². The zero-order chi connectivity index (χ0) is 13.9. The third kappa shape index (κ3) is 2.87. The van der Waals surface area contributed by atoms with Crippen molar-refractivity contribution in [2.75, 3.05) is 19.6 Å². The Morgan fingerprint density at radius 2 is 2.30 bits per heavy atom. The summed E-state index contributed by atoms with van der Waals surface area (Å²) in [6.07, 6.45) is 1.77. The van der Waals surface area contributed by atoms with E-state index in [2.05, 4.69) is 21.3 Å². The molecule has 3 rings (SSSR count). The Bertz CT molecular complexity index is 584. The number of piperazine rings is 1. The monoisotopic (exact) mass is 291 g/mol. The number of benzene rings is 1. The molecule has 4 nitrogen and oxygen atoms in total. The molecule has 1 unspecified atom stereocenters. The second kappa shape index (κ2) is 5.95. The quantitative estimate of drug-likeness (QED) is 0.944. The molecule has 1 aromatic heterocycles. The Morgan fingerprint density at radius 3 is 3.05 bits per heavy atom. The van der Waals surface area contributed by atoms with Gasteiger partial charge in [-0.3, -0.25) is 4.90 Å². The van der Waals surface area contributed by atoms with Gasteiger partial charge >= 0.3 is 0 Å². The van der Waals surface area contributed by atoms with E-state index in [1.807, 2.05) is 25.1 Å². The van der Waals surface area contributed by atoms with E-state index in [1.54, 1.807) is 6.20 Å². The lowest BCUT2D eigenvalue weighted by Gasteiger charge is -2.36. The molecule has 1 N–H and O–H groups in total. The number of rotatable bonds is 3. The maximum absolute atomic E-state index is 6.34. The Balaban J connectivity index is 1.82. The number of oxazole rings is 1. The van der Waals surface area contributed by atoms with Crippen molar-refractivity contribution in [3.8, 4) is 0 Å². The molecule has 1 saturated heterocycles. The molecule has 5 heteroatoms. The minimum absolute atomic E-state index is 0.254. The first kappa shape index (κ1) is 13.6. The average Bonchev–Trinajstić information content (AvgIpc) is 2.86. The molecule has 0 spiro atoms. The summed E-state index contributed by atoms with van der Waals surface area (Å²) < 4.78 is 5.59. The SMILES string of the molecule is Cc1cnc(CN2CCNCC2c2ccccc2Cl)o1. The molecule has 2 aromatic rings. The fraction of sp³-hybridized carbons (Fsp3) is 0.400. The van der Waals surface area contributed by atoms with Crippen molar-refractivity contribution in [2.45, 2.75) is 19.5 Å². The molecule has 1 atom stereocenters. The highest BCUT2D eigenvalue weighted by Gasteiger charge is 2.26. The summed E-state index contributed by atoms with van der Waals surface area (Å²) in [4.78, 5) is 6.66. The van der Waals surface area contributed by atoms with Gasteiger partial charge in [0.2, 0.25) is 5.89 Å². The van der Waals surface area contributed by atoms with Gasteiger partial charge in [0.1, 0.15) is 5.76 Å². The molecule has 1 aromatic carbocycles. The van der Waals surface area contributed by atoms with Gasteiger partial charge in [-0.1, -0.05) is 29.8 Å². The van der Waals surface area contributed by atoms with E-state index >= 15 is 0 Å². The van der Waals surface area contributed by atoms with Crippen LogP contribution in [0, 0.1) is 6.92 Å². The van der Waals surface area contributed by atoms with Crippen molar-refractivity contribution in [3.63, 3.8) is 0 Å². The lowest BCUT2D eigenvalue weighted by Crippen LogP contribution is -2.45. The minimum Gasteiger partial charge on any atom is -0.445 e. The fourth-order valence-electron chi connectivity index (χ4n) is 2.64. The molecule has 0 saturated carbocycles. The van der Waals surface area contributed by atoms with Crippen molar-refractivity contribution < 1.29 is 4.42 Å². The van der Waals surface area contributed by atoms with Crippen molar-refractivity contribution in [1.29, 1.82) is 0 Å². The maximum Gasteiger partial charge on any atom is 0.208 e. The molecule has 20 heavy (non-hydrogen) atoms. The summed E-state index contributed by atoms with van der Waals surface area (Å²) in [6.45, 7) is 5.45. The first-order valence-corrected chi connectivity index (χ1v) is 7.22. The Hall–Kier alpha value is -1.36. The van der Waals surface area contributed by atoms with E-state index in [1.165, 1.54) is 0 Å². The fourth-order valence-corrected chi connectivity index (χ4v) is 2.90. The van der Waals surface area contributed by atoms with Crippen molar-refractivity contribution in [1.82, 2.24) is 15.2 Å². The van der Waals surface area contributed by atoms with Gasteiger partial charge in [-0.05, 0) is 18.6 Å². The molecule has 1 fully saturated rings. The largest absolute Gasteiger partial charge is 0.445 e. The zero-order valence-electron chi connectivity index (χ0n) is 11.5. The summed E-state index contributed by atoms with van der Waals surface area (Å²) in [7, 11) is 0. The second-order valence-electron chi connectivity index (χ2n) is 5.08. The van der Waals surface area contributed by atoms with Crippen LogP contribution < -0.4 is 5.32 Å². The van der Waals surface area contributed by atoms with Gasteiger partial charge in [0.15, 0.2) is 0 Å². The third-order valence-corrected chi connectivity index (χ3v) is 3.97. The number of hydrogen-bond donors (Lipinski definition) is 1. The number of halogens is 1. The van der Waals surface area contributed by atoms with Gasteiger partial charge in [-0.25, -0.2) is 4.98 Å². The van der Waals surface area contributed by atoms with E-state index in [9.17, 15) is 0 Å². The van der Waals surface area contributed by atoms with Gasteiger partial charge in [-0.2, -0.15) is 0 Å². The van der Waals surface area contributed by atoms with Crippen LogP contribution in [-0.2, 0) is 6.54 Å². The van der Waals surface area contributed by atoms with Crippen LogP contribution in [0.25, 0.3) is 0 Å². The van der Waals surface area contributed by atoms with E-state index in [-0.39, 0.29) is 6.04 Å². The Labute approximate surface area is 123 Å². The first-order valence-electron chi connectivity index (χ1n) is 6.84. The number of nitrogens with one attached hydrogen (secondary N) is 1. The van der Waals surface area contributed by atoms with Crippen LogP contribution in [0.1, 0.15) is 23.3 Å². The molecule has 1 aliphatic rings. The van der Waals surface area contributed by atoms with E-state index in [0.29, 0.717) is 6.54 Å². The number of aromatic nitrogens is 1. The lowest BCUT2D eigenvalue weighted by atomic mass is 10.0. The highest BCUT2D eigenvalue weighted by atomic mass is 35.5. The van der Waals surface area contributed by atoms with Crippen LogP contribution in [0.2, 0.25) is 5.02 Å². The van der Waals surface area contributed by atoms with Crippen molar-refractivity contribution >= 4 is 11.6 Å². The number of hydrogen-bond acceptors (Lipinski definition) is 4. The molecular formula is C15H18ClN3O. The predicted molar refractivity (Wildman–Crippen MR) is 78.7 cm³/mol. The molecule has 2 heterocycles. The molecule has 1 aliphatic heterocycles. The molecular weight excluding hydrogens is 274 g/mol. The summed E-state index contributed by atoms with van der Waals surface area (Å²) in [5, 5.41) is 4.24. The van der Waals surface area contributed by atoms with E-state index in [4.69, 9.17) is 16.0 Å². The summed E-state index contributed by atoms with van der Waals surface area (Å²) in [6, 6.07) is 8.28. The van der Waals surface area contributed by atoms with Crippen molar-refractivity contribution in [2.24, 2.45) is 0 Å². The lowest BCUT2D eigenvalue weighted by molar-refractivity contribution is 0.139. The van der Waals surface area contributed by atoms with Crippen LogP contribution in [0.15, 0.2) is 34.9 Å². The zero-order valence-corrected chi connectivity index (χ0v) is 12.2. The molecule has 106 valence electrons. The van der Waals surface area contributed by atoms with Gasteiger partial charge < -0.3 is 9.73 Å². The normalized spacial score (nSPS) is 20.2. The smallest absolute Gasteiger partial charge is 0.208 e. The first-order chi connectivity index (χ1) is 9.74. The van der Waals surface area contributed by atoms with Gasteiger partial charge in [0.05, 0.1) is 12.7 Å². The summed E-state index contributed by atoms with van der Waals surface area (Å²) in [5.74, 6) is 1.62. The van der Waals surface area contributed by atoms with Gasteiger partial charge in [0, 0.05) is 30.7 Å². The topological polar surface area (TPSA) is 41.3 Å². The number of aryl methyl sites for hydroxylation is 1. The van der Waals surface area contributed by atoms with Crippen LogP contribution in [-0.4, -0.2) is 29.5 Å². The van der Waals surface area contributed by atoms with Crippen LogP contribution in [0.4, 0.5) is 0 Å². The Morgan fingerprint density at radius 1 is 1.45 bits per heavy atom. The van der Waals surface area contributed by atoms with E-state index in [0.717, 1.165) is 41.9 Å². The number of nitrogens with zero attached hydrogens (tertiary/aromatic N) is 2. The molecule has 0 aliphatic carbocycles. The average molecular weight is 292 g/mol. The summed E-state index contributed by atoms with van der Waals surface area (Å²) >= 11 is 6.34. The standard InChI is InChI=1S/C15H18ClN3O/c1-11-8-18-15(20-11)10-19-7-6-17-9-14(19)12-4-2-3-5-13(12)16/h2-5,8,14,17H,6-7,9-10H2,1H3. The predicted octanol–water partition coefficient (Wildman–Crippen LogP) is 2.78. The van der Waals surface area contributed by atoms with Crippen LogP contribution in [0.5, 0.6) is 0 Å². The third-order valence-electron chi connectivity index (χ3n) is 3.63. The van der Waals surface area contributed by atoms with E-state index < -0.39 is 0 Å². The highest BCUT2D eigenvalue weighted by Crippen LogP contribution is 2.29. The van der Waals surface area contributed by atoms with Gasteiger partial charge in [0.25, 0.3) is 0 Å². The molecule has 0 radical (unpaired) electrons. The molecule has 0 bridgehead atoms. The highest BCUT2D eigenvalue weighted by molar-refractivity contribution is 6.31. The van der Waals surface area contributed by atoms with Crippen LogP contribution >= 0.6 is 11.6 Å². The maximum atomic E-state index is 6.34. The Kier molecular flexibility index (Phi) is 4.05. The summed E-state index contributed by atoms with van der Waals surface area (Å²) in [5.41, 5.74) is 1.16. The van der Waals surface area contributed by atoms with Crippen molar-refractivity contribution in [3.05, 3.63) is 52.7 Å². The van der Waals surface area contributed by atoms with Gasteiger partial charge in [-0.15, -0.1) is 0 Å². The minimum atomic E-state index is 0.254.